The number of aryl methyl sites for hydroxylation is 1. The summed E-state index contributed by atoms with van der Waals surface area (Å²) in [6.07, 6.45) is -3.13. The van der Waals surface area contributed by atoms with Gasteiger partial charge in [0.05, 0.1) is 30.2 Å². The molecule has 22 nitrogen and oxygen atoms in total. The highest BCUT2D eigenvalue weighted by molar-refractivity contribution is 6.31. The number of halogens is 5. The lowest BCUT2D eigenvalue weighted by Crippen LogP contribution is -2.64. The quantitative estimate of drug-likeness (QED) is 0.240. The lowest BCUT2D eigenvalue weighted by molar-refractivity contribution is -0.149. The molecule has 8 atom stereocenters. The first-order valence-electron chi connectivity index (χ1n) is 31.2. The van der Waals surface area contributed by atoms with Crippen LogP contribution < -0.4 is 21.3 Å². The van der Waals surface area contributed by atoms with Gasteiger partial charge < -0.3 is 55.6 Å². The molecule has 1 spiro atoms. The molecule has 0 aromatic heterocycles. The highest BCUT2D eigenvalue weighted by Gasteiger charge is 2.49. The summed E-state index contributed by atoms with van der Waals surface area (Å²) in [5.41, 5.74) is -1.94. The number of nitrogens with zero attached hydrogens (tertiary/aromatic N) is 7. The maximum absolute atomic E-state index is 15.0. The van der Waals surface area contributed by atoms with Gasteiger partial charge in [0.15, 0.2) is 0 Å². The summed E-state index contributed by atoms with van der Waals surface area (Å²) in [4.78, 5) is 167. The smallest absolute Gasteiger partial charge is 0.351 e. The van der Waals surface area contributed by atoms with Crippen LogP contribution in [-0.4, -0.2) is 216 Å². The number of alkyl halides is 3. The topological polar surface area (TPSA) is 259 Å². The molecule has 504 valence electrons. The SMILES string of the molecule is CC[C@H](C)[C@@H]1NC(=O)[C@H](CC(C)C)N(C)C(=O)C[C@@H](C)NC(=O)[C@H](C(C)C)N(C)C(=O)C2(CCCC2)NC(=O)[C@@H]2CCCN2C(=O)[C@H](CCc2ccc(C(F)(F)F)c(Cl)c2)NC(=O)CN(C)C(=O)[C@H](Cc2ccc(F)cc2)N(C)C(=O)CN(C)C(=O)CN(C)C1=O. The molecule has 2 aromatic carbocycles. The molecule has 3 fully saturated rings. The van der Waals surface area contributed by atoms with Crippen molar-refractivity contribution in [3.63, 3.8) is 0 Å². The Labute approximate surface area is 536 Å². The number of amides is 11. The minimum absolute atomic E-state index is 0.0199. The zero-order valence-corrected chi connectivity index (χ0v) is 55.4. The van der Waals surface area contributed by atoms with Crippen LogP contribution in [0.3, 0.4) is 0 Å². The number of benzene rings is 2. The third kappa shape index (κ3) is 19.3. The summed E-state index contributed by atoms with van der Waals surface area (Å²) in [6, 6.07) is -0.0593. The van der Waals surface area contributed by atoms with E-state index in [2.05, 4.69) is 21.3 Å². The van der Waals surface area contributed by atoms with E-state index in [1.807, 2.05) is 20.8 Å². The molecular formula is C64H92ClF4N11O11. The monoisotopic (exact) mass is 1300 g/mol. The van der Waals surface area contributed by atoms with Crippen molar-refractivity contribution in [1.82, 2.24) is 55.6 Å². The molecule has 2 saturated heterocycles. The summed E-state index contributed by atoms with van der Waals surface area (Å²) in [5, 5.41) is 10.8. The van der Waals surface area contributed by atoms with Gasteiger partial charge in [-0.3, -0.25) is 52.7 Å². The van der Waals surface area contributed by atoms with Crippen LogP contribution in [0.15, 0.2) is 42.5 Å². The molecule has 5 rings (SSSR count). The minimum atomic E-state index is -4.77. The molecule has 4 N–H and O–H groups in total. The predicted molar refractivity (Wildman–Crippen MR) is 331 cm³/mol. The molecule has 1 aliphatic carbocycles. The van der Waals surface area contributed by atoms with Crippen LogP contribution >= 0.6 is 11.6 Å². The van der Waals surface area contributed by atoms with Crippen LogP contribution in [0.4, 0.5) is 17.6 Å². The summed E-state index contributed by atoms with van der Waals surface area (Å²) < 4.78 is 55.4. The van der Waals surface area contributed by atoms with E-state index in [0.29, 0.717) is 31.2 Å². The van der Waals surface area contributed by atoms with Gasteiger partial charge in [0.1, 0.15) is 47.6 Å². The Morgan fingerprint density at radius 1 is 0.659 bits per heavy atom. The Balaban J connectivity index is 1.56. The zero-order chi connectivity index (χ0) is 68.1. The Morgan fingerprint density at radius 3 is 1.84 bits per heavy atom. The van der Waals surface area contributed by atoms with Crippen molar-refractivity contribution in [2.24, 2.45) is 17.8 Å². The average molecular weight is 1300 g/mol. The molecule has 27 heteroatoms. The summed E-state index contributed by atoms with van der Waals surface area (Å²) in [6.45, 7) is 10.5. The fourth-order valence-electron chi connectivity index (χ4n) is 12.1. The fraction of sp³-hybridized carbons (Fsp3) is 0.641. The third-order valence-corrected chi connectivity index (χ3v) is 18.0. The molecule has 0 radical (unpaired) electrons. The van der Waals surface area contributed by atoms with E-state index in [4.69, 9.17) is 11.6 Å². The Hall–Kier alpha value is -7.38. The maximum atomic E-state index is 15.0. The first-order valence-corrected chi connectivity index (χ1v) is 31.5. The number of hydrogen-bond donors (Lipinski definition) is 4. The van der Waals surface area contributed by atoms with Crippen LogP contribution in [0.5, 0.6) is 0 Å². The molecule has 0 unspecified atom stereocenters. The predicted octanol–water partition coefficient (Wildman–Crippen LogP) is 4.58. The van der Waals surface area contributed by atoms with Crippen molar-refractivity contribution >= 4 is 76.6 Å². The van der Waals surface area contributed by atoms with E-state index in [-0.39, 0.29) is 69.4 Å². The summed E-state index contributed by atoms with van der Waals surface area (Å²) >= 11 is 6.09. The number of nitrogens with one attached hydrogen (secondary N) is 4. The normalized spacial score (nSPS) is 24.9. The molecule has 91 heavy (non-hydrogen) atoms. The van der Waals surface area contributed by atoms with Crippen LogP contribution in [-0.2, 0) is 71.8 Å². The van der Waals surface area contributed by atoms with E-state index in [1.165, 1.54) is 75.2 Å². The second-order valence-electron chi connectivity index (χ2n) is 25.7. The minimum Gasteiger partial charge on any atom is -0.351 e. The van der Waals surface area contributed by atoms with E-state index >= 15 is 0 Å². The first-order chi connectivity index (χ1) is 42.5. The van der Waals surface area contributed by atoms with Gasteiger partial charge in [-0.2, -0.15) is 13.2 Å². The lowest BCUT2D eigenvalue weighted by Gasteiger charge is -2.39. The Morgan fingerprint density at radius 2 is 1.25 bits per heavy atom. The fourth-order valence-corrected chi connectivity index (χ4v) is 12.4. The molecule has 2 aromatic rings. The van der Waals surface area contributed by atoms with E-state index in [0.717, 1.165) is 43.9 Å². The van der Waals surface area contributed by atoms with Gasteiger partial charge in [-0.15, -0.1) is 0 Å². The van der Waals surface area contributed by atoms with E-state index < -0.39 is 167 Å². The van der Waals surface area contributed by atoms with Crippen LogP contribution in [0, 0.1) is 23.6 Å². The van der Waals surface area contributed by atoms with Gasteiger partial charge in [-0.05, 0) is 105 Å². The second-order valence-corrected chi connectivity index (χ2v) is 26.1. The van der Waals surface area contributed by atoms with Crippen molar-refractivity contribution in [3.8, 4) is 0 Å². The second kappa shape index (κ2) is 32.3. The van der Waals surface area contributed by atoms with Gasteiger partial charge in [0.2, 0.25) is 65.0 Å². The first kappa shape index (κ1) is 74.3. The van der Waals surface area contributed by atoms with Gasteiger partial charge in [-0.1, -0.05) is 90.6 Å². The van der Waals surface area contributed by atoms with E-state index in [1.54, 1.807) is 27.7 Å². The highest BCUT2D eigenvalue weighted by atomic mass is 35.5. The van der Waals surface area contributed by atoms with Gasteiger partial charge >= 0.3 is 6.18 Å². The van der Waals surface area contributed by atoms with Crippen molar-refractivity contribution < 1.29 is 70.3 Å². The highest BCUT2D eigenvalue weighted by Crippen LogP contribution is 2.36. The van der Waals surface area contributed by atoms with Crippen molar-refractivity contribution in [2.45, 2.75) is 180 Å². The van der Waals surface area contributed by atoms with Crippen LogP contribution in [0.1, 0.15) is 129 Å². The molecule has 11 amide bonds. The molecule has 2 heterocycles. The zero-order valence-electron chi connectivity index (χ0n) is 54.6. The standard InChI is InChI=1S/C64H92ClF4N11O11/c1-14-39(6)54-61(90)76(10)35-52(83)74(8)36-53(84)78(12)49(33-42-19-23-43(66)24-20-42)60(89)75(9)34-50(81)71-46(26-22-41-21-25-44(45(65)32-41)64(67,68)69)59(88)80-29-17-18-47(80)57(86)73-63(27-15-16-28-63)62(91)79(13)55(38(4)5)58(87)70-40(7)31-51(82)77(11)48(30-37(2)3)56(85)72-54/h19-21,23-25,32,37-40,46-49,54-55H,14-18,22,26-31,33-36H2,1-13H3,(H,70,87)(H,71,81)(H,72,85)(H,73,86)/t39-,40+,46-,47-,48-,49-,54-,55-/m0/s1. The number of rotatable bonds is 10. The molecule has 0 bridgehead atoms. The van der Waals surface area contributed by atoms with E-state index in [9.17, 15) is 70.3 Å². The van der Waals surface area contributed by atoms with Crippen LogP contribution in [0.2, 0.25) is 5.02 Å². The Bertz CT molecular complexity index is 2980. The number of likely N-dealkylation sites (N-methyl/N-ethyl adjacent to an activating group) is 6. The van der Waals surface area contributed by atoms with Crippen LogP contribution in [0.25, 0.3) is 0 Å². The maximum Gasteiger partial charge on any atom is 0.417 e. The molecule has 2 aliphatic heterocycles. The lowest BCUT2D eigenvalue weighted by atomic mass is 9.92. The van der Waals surface area contributed by atoms with Gasteiger partial charge in [0, 0.05) is 67.7 Å². The number of carbonyl (C=O) groups is 11. The largest absolute Gasteiger partial charge is 0.417 e. The van der Waals surface area contributed by atoms with Gasteiger partial charge in [0.25, 0.3) is 0 Å². The molecule has 1 saturated carbocycles. The van der Waals surface area contributed by atoms with Crippen molar-refractivity contribution in [1.29, 1.82) is 0 Å². The number of fused-ring (bicyclic) bond motifs is 1. The number of hydrogen-bond acceptors (Lipinski definition) is 11. The summed E-state index contributed by atoms with van der Waals surface area (Å²) in [5.74, 6) is -9.22. The summed E-state index contributed by atoms with van der Waals surface area (Å²) in [7, 11) is 8.15. The molecule has 3 aliphatic rings. The van der Waals surface area contributed by atoms with Crippen molar-refractivity contribution in [3.05, 3.63) is 70.0 Å². The average Bonchev–Trinajstić information content (AvgIpc) is 1.75. The van der Waals surface area contributed by atoms with Gasteiger partial charge in [-0.25, -0.2) is 4.39 Å². The number of carbonyl (C=O) groups excluding carboxylic acids is 11. The third-order valence-electron chi connectivity index (χ3n) is 17.7. The molecular weight excluding hydrogens is 1210 g/mol. The van der Waals surface area contributed by atoms with Crippen molar-refractivity contribution in [2.75, 3.05) is 68.5 Å². The Kier molecular flexibility index (Phi) is 26.4.